The lowest BCUT2D eigenvalue weighted by atomic mass is 10.1. The topological polar surface area (TPSA) is 71.1 Å². The van der Waals surface area contributed by atoms with Gasteiger partial charge in [0, 0.05) is 29.4 Å². The Bertz CT molecular complexity index is 961. The normalized spacial score (nSPS) is 10.5. The average molecular weight is 347 g/mol. The van der Waals surface area contributed by atoms with Gasteiger partial charge in [0.25, 0.3) is 5.91 Å². The zero-order chi connectivity index (χ0) is 18.5. The highest BCUT2D eigenvalue weighted by atomic mass is 16.2. The van der Waals surface area contributed by atoms with E-state index in [2.05, 4.69) is 15.6 Å². The molecule has 0 aliphatic heterocycles. The number of amides is 2. The summed E-state index contributed by atoms with van der Waals surface area (Å²) in [5.74, 6) is -0.309. The zero-order valence-electron chi connectivity index (χ0n) is 14.9. The molecule has 1 aromatic heterocycles. The van der Waals surface area contributed by atoms with Crippen molar-refractivity contribution in [3.05, 3.63) is 66.0 Å². The molecule has 2 amide bonds. The van der Waals surface area contributed by atoms with Crippen LogP contribution in [0.1, 0.15) is 35.8 Å². The molecule has 5 nitrogen and oxygen atoms in total. The van der Waals surface area contributed by atoms with E-state index in [-0.39, 0.29) is 11.8 Å². The van der Waals surface area contributed by atoms with Gasteiger partial charge in [-0.25, -0.2) is 0 Å². The molecule has 0 aliphatic rings. The SMILES string of the molecule is CCCC(=O)Nc1cccc(NC(=O)c2nccc3ccccc23)c1C. The number of fused-ring (bicyclic) bond motifs is 1. The lowest BCUT2D eigenvalue weighted by Crippen LogP contribution is -2.16. The molecule has 3 aromatic rings. The fourth-order valence-electron chi connectivity index (χ4n) is 2.83. The maximum absolute atomic E-state index is 12.8. The molecule has 0 radical (unpaired) electrons. The summed E-state index contributed by atoms with van der Waals surface area (Å²) in [4.78, 5) is 28.9. The van der Waals surface area contributed by atoms with Crippen LogP contribution in [0.3, 0.4) is 0 Å². The van der Waals surface area contributed by atoms with E-state index >= 15 is 0 Å². The van der Waals surface area contributed by atoms with Crippen LogP contribution in [0.2, 0.25) is 0 Å². The molecule has 2 N–H and O–H groups in total. The molecular formula is C21H21N3O2. The number of carbonyl (C=O) groups is 2. The summed E-state index contributed by atoms with van der Waals surface area (Å²) in [6.07, 6.45) is 2.88. The number of nitrogens with one attached hydrogen (secondary N) is 2. The molecule has 5 heteroatoms. The molecule has 0 fully saturated rings. The summed E-state index contributed by atoms with van der Waals surface area (Å²) in [5.41, 5.74) is 2.54. The fourth-order valence-corrected chi connectivity index (χ4v) is 2.83. The van der Waals surface area contributed by atoms with E-state index in [9.17, 15) is 9.59 Å². The molecule has 0 atom stereocenters. The first-order chi connectivity index (χ1) is 12.6. The Morgan fingerprint density at radius 3 is 2.46 bits per heavy atom. The summed E-state index contributed by atoms with van der Waals surface area (Å²) in [5, 5.41) is 7.57. The van der Waals surface area contributed by atoms with E-state index in [4.69, 9.17) is 0 Å². The van der Waals surface area contributed by atoms with Crippen LogP contribution in [-0.2, 0) is 4.79 Å². The van der Waals surface area contributed by atoms with Crippen LogP contribution in [0.25, 0.3) is 10.8 Å². The third-order valence-electron chi connectivity index (χ3n) is 4.22. The van der Waals surface area contributed by atoms with Gasteiger partial charge in [0.15, 0.2) is 0 Å². The van der Waals surface area contributed by atoms with Crippen LogP contribution >= 0.6 is 0 Å². The minimum absolute atomic E-state index is 0.0326. The first kappa shape index (κ1) is 17.6. The number of hydrogen-bond donors (Lipinski definition) is 2. The van der Waals surface area contributed by atoms with Crippen LogP contribution in [0, 0.1) is 6.92 Å². The number of benzene rings is 2. The van der Waals surface area contributed by atoms with E-state index in [0.29, 0.717) is 23.5 Å². The van der Waals surface area contributed by atoms with Crippen molar-refractivity contribution in [3.63, 3.8) is 0 Å². The lowest BCUT2D eigenvalue weighted by Gasteiger charge is -2.14. The second-order valence-corrected chi connectivity index (χ2v) is 6.11. The van der Waals surface area contributed by atoms with E-state index < -0.39 is 0 Å². The third kappa shape index (κ3) is 3.72. The average Bonchev–Trinajstić information content (AvgIpc) is 2.64. The van der Waals surface area contributed by atoms with E-state index in [1.807, 2.05) is 56.3 Å². The number of rotatable bonds is 5. The largest absolute Gasteiger partial charge is 0.326 e. The number of pyridine rings is 1. The van der Waals surface area contributed by atoms with Gasteiger partial charge >= 0.3 is 0 Å². The Labute approximate surface area is 152 Å². The van der Waals surface area contributed by atoms with Gasteiger partial charge in [-0.1, -0.05) is 37.3 Å². The van der Waals surface area contributed by atoms with Crippen molar-refractivity contribution in [1.82, 2.24) is 4.98 Å². The zero-order valence-corrected chi connectivity index (χ0v) is 14.9. The van der Waals surface area contributed by atoms with Gasteiger partial charge in [-0.15, -0.1) is 0 Å². The summed E-state index contributed by atoms with van der Waals surface area (Å²) in [6, 6.07) is 15.0. The summed E-state index contributed by atoms with van der Waals surface area (Å²) in [6.45, 7) is 3.83. The van der Waals surface area contributed by atoms with E-state index in [0.717, 1.165) is 22.8 Å². The minimum Gasteiger partial charge on any atom is -0.326 e. The summed E-state index contributed by atoms with van der Waals surface area (Å²) < 4.78 is 0. The standard InChI is InChI=1S/C21H21N3O2/c1-3-7-19(25)23-17-10-6-11-18(14(17)2)24-21(26)20-16-9-5-4-8-15(16)12-13-22-20/h4-6,8-13H,3,7H2,1-2H3,(H,23,25)(H,24,26). The van der Waals surface area contributed by atoms with Crippen LogP contribution in [0.15, 0.2) is 54.7 Å². The summed E-state index contributed by atoms with van der Waals surface area (Å²) in [7, 11) is 0. The summed E-state index contributed by atoms with van der Waals surface area (Å²) >= 11 is 0. The fraction of sp³-hybridized carbons (Fsp3) is 0.190. The molecule has 2 aromatic carbocycles. The van der Waals surface area contributed by atoms with Crippen molar-refractivity contribution >= 4 is 34.0 Å². The second kappa shape index (κ2) is 7.78. The van der Waals surface area contributed by atoms with Crippen molar-refractivity contribution in [2.24, 2.45) is 0 Å². The Balaban J connectivity index is 1.86. The second-order valence-electron chi connectivity index (χ2n) is 6.11. The van der Waals surface area contributed by atoms with E-state index in [1.54, 1.807) is 12.3 Å². The van der Waals surface area contributed by atoms with Crippen molar-refractivity contribution in [2.45, 2.75) is 26.7 Å². The van der Waals surface area contributed by atoms with Crippen molar-refractivity contribution in [2.75, 3.05) is 10.6 Å². The Hall–Kier alpha value is -3.21. The van der Waals surface area contributed by atoms with Crippen molar-refractivity contribution in [3.8, 4) is 0 Å². The number of nitrogens with zero attached hydrogens (tertiary/aromatic N) is 1. The highest BCUT2D eigenvalue weighted by molar-refractivity contribution is 6.11. The Morgan fingerprint density at radius 1 is 0.962 bits per heavy atom. The molecule has 0 saturated carbocycles. The predicted molar refractivity (Wildman–Crippen MR) is 104 cm³/mol. The molecular weight excluding hydrogens is 326 g/mol. The molecule has 0 unspecified atom stereocenters. The molecule has 26 heavy (non-hydrogen) atoms. The predicted octanol–water partition coefficient (Wildman–Crippen LogP) is 4.53. The number of hydrogen-bond acceptors (Lipinski definition) is 3. The van der Waals surface area contributed by atoms with Crippen molar-refractivity contribution < 1.29 is 9.59 Å². The molecule has 0 saturated heterocycles. The van der Waals surface area contributed by atoms with Gasteiger partial charge in [0.1, 0.15) is 5.69 Å². The van der Waals surface area contributed by atoms with Gasteiger partial charge < -0.3 is 10.6 Å². The first-order valence-electron chi connectivity index (χ1n) is 8.64. The van der Waals surface area contributed by atoms with Gasteiger partial charge in [-0.2, -0.15) is 0 Å². The number of anilines is 2. The molecule has 132 valence electrons. The number of carbonyl (C=O) groups excluding carboxylic acids is 2. The Kier molecular flexibility index (Phi) is 5.27. The maximum Gasteiger partial charge on any atom is 0.274 e. The van der Waals surface area contributed by atoms with Gasteiger partial charge in [-0.3, -0.25) is 14.6 Å². The van der Waals surface area contributed by atoms with Crippen LogP contribution in [0.5, 0.6) is 0 Å². The van der Waals surface area contributed by atoms with Crippen molar-refractivity contribution in [1.29, 1.82) is 0 Å². The smallest absolute Gasteiger partial charge is 0.274 e. The quantitative estimate of drug-likeness (QED) is 0.712. The monoisotopic (exact) mass is 347 g/mol. The molecule has 0 spiro atoms. The van der Waals surface area contributed by atoms with Crippen LogP contribution in [0.4, 0.5) is 11.4 Å². The van der Waals surface area contributed by atoms with Crippen LogP contribution < -0.4 is 10.6 Å². The molecule has 3 rings (SSSR count). The Morgan fingerprint density at radius 2 is 1.69 bits per heavy atom. The van der Waals surface area contributed by atoms with Gasteiger partial charge in [0.2, 0.25) is 5.91 Å². The van der Waals surface area contributed by atoms with Crippen LogP contribution in [-0.4, -0.2) is 16.8 Å². The molecule has 0 bridgehead atoms. The minimum atomic E-state index is -0.276. The molecule has 0 aliphatic carbocycles. The van der Waals surface area contributed by atoms with Gasteiger partial charge in [0.05, 0.1) is 0 Å². The van der Waals surface area contributed by atoms with E-state index in [1.165, 1.54) is 0 Å². The maximum atomic E-state index is 12.8. The third-order valence-corrected chi connectivity index (χ3v) is 4.22. The molecule has 1 heterocycles. The number of aromatic nitrogens is 1. The highest BCUT2D eigenvalue weighted by Crippen LogP contribution is 2.25. The van der Waals surface area contributed by atoms with Gasteiger partial charge in [-0.05, 0) is 42.5 Å². The first-order valence-corrected chi connectivity index (χ1v) is 8.64. The lowest BCUT2D eigenvalue weighted by molar-refractivity contribution is -0.116. The highest BCUT2D eigenvalue weighted by Gasteiger charge is 2.14.